The second-order valence-corrected chi connectivity index (χ2v) is 14.5. The summed E-state index contributed by atoms with van der Waals surface area (Å²) in [5.41, 5.74) is 9.98. The number of benzene rings is 9. The molecule has 226 valence electrons. The van der Waals surface area contributed by atoms with Gasteiger partial charge in [0.2, 0.25) is 0 Å². The molecule has 0 atom stereocenters. The van der Waals surface area contributed by atoms with Crippen LogP contribution in [0.2, 0.25) is 0 Å². The lowest BCUT2D eigenvalue weighted by molar-refractivity contribution is 1.60. The first kappa shape index (κ1) is 29.6. The summed E-state index contributed by atoms with van der Waals surface area (Å²) in [5, 5.41) is 10.3. The Morgan fingerprint density at radius 2 is 0.542 bits per heavy atom. The fourth-order valence-corrected chi connectivity index (χ4v) is 9.43. The van der Waals surface area contributed by atoms with E-state index in [0.717, 1.165) is 0 Å². The van der Waals surface area contributed by atoms with Crippen molar-refractivity contribution in [3.63, 3.8) is 0 Å². The van der Waals surface area contributed by atoms with E-state index in [1.54, 1.807) is 0 Å². The second-order valence-electron chi connectivity index (χ2n) is 12.3. The first-order chi connectivity index (χ1) is 23.7. The minimum atomic E-state index is 1.23. The zero-order chi connectivity index (χ0) is 32.2. The minimum Gasteiger partial charge on any atom is -0.0622 e. The molecule has 0 aliphatic carbocycles. The van der Waals surface area contributed by atoms with Gasteiger partial charge < -0.3 is 0 Å². The van der Waals surface area contributed by atoms with Crippen LogP contribution in [0.3, 0.4) is 0 Å². The van der Waals surface area contributed by atoms with E-state index in [1.165, 1.54) is 94.7 Å². The second kappa shape index (κ2) is 12.2. The van der Waals surface area contributed by atoms with Crippen LogP contribution in [0.4, 0.5) is 0 Å². The number of hydrogen-bond donors (Lipinski definition) is 0. The Hall–Kier alpha value is -4.52. The lowest BCUT2D eigenvalue weighted by Gasteiger charge is -2.18. The number of fused-ring (bicyclic) bond motifs is 6. The molecule has 2 heteroatoms. The van der Waals surface area contributed by atoms with Crippen molar-refractivity contribution in [2.75, 3.05) is 0 Å². The number of halogens is 2. The van der Waals surface area contributed by atoms with Gasteiger partial charge in [-0.2, -0.15) is 0 Å². The van der Waals surface area contributed by atoms with E-state index < -0.39 is 0 Å². The maximum atomic E-state index is 2.57. The van der Waals surface area contributed by atoms with Crippen LogP contribution in [0.1, 0.15) is 0 Å². The average Bonchev–Trinajstić information content (AvgIpc) is 3.16. The fraction of sp³-hybridized carbons (Fsp3) is 0. The maximum absolute atomic E-state index is 2.57. The molecule has 0 amide bonds. The van der Waals surface area contributed by atoms with E-state index in [9.17, 15) is 0 Å². The van der Waals surface area contributed by atoms with Crippen LogP contribution < -0.4 is 0 Å². The van der Waals surface area contributed by atoms with Crippen LogP contribution in [-0.4, -0.2) is 0 Å². The summed E-state index contributed by atoms with van der Waals surface area (Å²) in [5.74, 6) is 0. The highest BCUT2D eigenvalue weighted by molar-refractivity contribution is 14.1. The molecule has 0 radical (unpaired) electrons. The molecule has 0 spiro atoms. The van der Waals surface area contributed by atoms with E-state index in [-0.39, 0.29) is 0 Å². The van der Waals surface area contributed by atoms with Crippen molar-refractivity contribution in [1.29, 1.82) is 0 Å². The molecule has 9 aromatic carbocycles. The highest BCUT2D eigenvalue weighted by Crippen LogP contribution is 2.44. The van der Waals surface area contributed by atoms with Gasteiger partial charge in [-0.15, -0.1) is 0 Å². The molecule has 0 saturated heterocycles. The van der Waals surface area contributed by atoms with Crippen LogP contribution in [0.5, 0.6) is 0 Å². The van der Waals surface area contributed by atoms with Crippen molar-refractivity contribution in [2.24, 2.45) is 0 Å². The fourth-order valence-electron chi connectivity index (χ4n) is 7.28. The summed E-state index contributed by atoms with van der Waals surface area (Å²) in [6, 6.07) is 62.2. The van der Waals surface area contributed by atoms with E-state index in [2.05, 4.69) is 215 Å². The van der Waals surface area contributed by atoms with Gasteiger partial charge in [-0.05, 0) is 134 Å². The normalized spacial score (nSPS) is 11.5. The lowest BCUT2D eigenvalue weighted by atomic mass is 9.89. The topological polar surface area (TPSA) is 0 Å². The van der Waals surface area contributed by atoms with E-state index >= 15 is 0 Å². The molecule has 0 fully saturated rings. The quantitative estimate of drug-likeness (QED) is 0.122. The Kier molecular flexibility index (Phi) is 7.51. The Balaban J connectivity index is 1.27. The predicted octanol–water partition coefficient (Wildman–Crippen LogP) is 14.2. The standard InChI is InChI=1S/C46H28I2/c47-45-39-17-9-7-15-35(39)37-25-23-33(29-11-3-1-4-12-29)27-41(37)43(45)31-19-21-32(22-20-31)44-42-28-34(30-13-5-2-6-14-30)24-26-38(42)36-16-8-10-18-40(36)46(44)48/h1-28H. The van der Waals surface area contributed by atoms with Gasteiger partial charge in [0.05, 0.1) is 0 Å². The Labute approximate surface area is 307 Å². The predicted molar refractivity (Wildman–Crippen MR) is 224 cm³/mol. The molecule has 0 bridgehead atoms. The summed E-state index contributed by atoms with van der Waals surface area (Å²) in [6.07, 6.45) is 0. The first-order valence-electron chi connectivity index (χ1n) is 16.2. The first-order valence-corrected chi connectivity index (χ1v) is 18.3. The minimum absolute atomic E-state index is 1.23. The van der Waals surface area contributed by atoms with Crippen LogP contribution >= 0.6 is 45.2 Å². The molecule has 9 aromatic rings. The number of rotatable bonds is 4. The van der Waals surface area contributed by atoms with Gasteiger partial charge in [0, 0.05) is 18.3 Å². The van der Waals surface area contributed by atoms with Crippen LogP contribution in [-0.2, 0) is 0 Å². The molecular formula is C46H28I2. The molecular weight excluding hydrogens is 806 g/mol. The highest BCUT2D eigenvalue weighted by Gasteiger charge is 2.18. The highest BCUT2D eigenvalue weighted by atomic mass is 127. The van der Waals surface area contributed by atoms with Gasteiger partial charge in [-0.3, -0.25) is 0 Å². The van der Waals surface area contributed by atoms with E-state index in [4.69, 9.17) is 0 Å². The van der Waals surface area contributed by atoms with Crippen molar-refractivity contribution in [2.45, 2.75) is 0 Å². The SMILES string of the molecule is Ic1c(-c2ccc(-c3c(I)c4ccccc4c4ccc(-c5ccccc5)cc34)cc2)c2cc(-c3ccccc3)ccc2c2ccccc12. The molecule has 0 aliphatic rings. The third kappa shape index (κ3) is 4.92. The molecule has 0 heterocycles. The molecule has 48 heavy (non-hydrogen) atoms. The summed E-state index contributed by atoms with van der Waals surface area (Å²) >= 11 is 5.14. The summed E-state index contributed by atoms with van der Waals surface area (Å²) in [7, 11) is 0. The van der Waals surface area contributed by atoms with Gasteiger partial charge in [0.1, 0.15) is 0 Å². The Bertz CT molecular complexity index is 2470. The van der Waals surface area contributed by atoms with Gasteiger partial charge in [-0.1, -0.05) is 158 Å². The van der Waals surface area contributed by atoms with Crippen LogP contribution in [0, 0.1) is 7.14 Å². The zero-order valence-electron chi connectivity index (χ0n) is 25.9. The number of hydrogen-bond acceptors (Lipinski definition) is 0. The van der Waals surface area contributed by atoms with Crippen molar-refractivity contribution < 1.29 is 0 Å². The summed E-state index contributed by atoms with van der Waals surface area (Å²) < 4.78 is 2.57. The monoisotopic (exact) mass is 834 g/mol. The van der Waals surface area contributed by atoms with Gasteiger partial charge in [-0.25, -0.2) is 0 Å². The van der Waals surface area contributed by atoms with Crippen molar-refractivity contribution in [3.8, 4) is 44.5 Å². The Morgan fingerprint density at radius 3 is 0.938 bits per heavy atom. The third-order valence-electron chi connectivity index (χ3n) is 9.60. The largest absolute Gasteiger partial charge is 0.0622 e. The lowest BCUT2D eigenvalue weighted by Crippen LogP contribution is -1.93. The van der Waals surface area contributed by atoms with Gasteiger partial charge in [0.25, 0.3) is 0 Å². The van der Waals surface area contributed by atoms with Crippen LogP contribution in [0.15, 0.2) is 170 Å². The molecule has 0 N–H and O–H groups in total. The van der Waals surface area contributed by atoms with Crippen LogP contribution in [0.25, 0.3) is 87.6 Å². The van der Waals surface area contributed by atoms with Gasteiger partial charge in [0.15, 0.2) is 0 Å². The zero-order valence-corrected chi connectivity index (χ0v) is 30.2. The Morgan fingerprint density at radius 1 is 0.229 bits per heavy atom. The van der Waals surface area contributed by atoms with Crippen molar-refractivity contribution in [3.05, 3.63) is 177 Å². The molecule has 0 aromatic heterocycles. The third-order valence-corrected chi connectivity index (χ3v) is 11.8. The van der Waals surface area contributed by atoms with E-state index in [1.807, 2.05) is 0 Å². The van der Waals surface area contributed by atoms with E-state index in [0.29, 0.717) is 0 Å². The molecule has 0 saturated carbocycles. The molecule has 0 unspecified atom stereocenters. The average molecular weight is 835 g/mol. The summed E-state index contributed by atoms with van der Waals surface area (Å²) in [6.45, 7) is 0. The van der Waals surface area contributed by atoms with Gasteiger partial charge >= 0.3 is 0 Å². The summed E-state index contributed by atoms with van der Waals surface area (Å²) in [4.78, 5) is 0. The molecule has 9 rings (SSSR count). The van der Waals surface area contributed by atoms with Crippen molar-refractivity contribution in [1.82, 2.24) is 0 Å². The van der Waals surface area contributed by atoms with Crippen molar-refractivity contribution >= 4 is 88.3 Å². The maximum Gasteiger partial charge on any atom is 0.0293 e. The smallest absolute Gasteiger partial charge is 0.0293 e. The molecule has 0 aliphatic heterocycles. The molecule has 0 nitrogen and oxygen atoms in total.